The first-order valence-electron chi connectivity index (χ1n) is 9.23. The zero-order valence-corrected chi connectivity index (χ0v) is 16.9. The number of urea groups is 1. The van der Waals surface area contributed by atoms with Crippen molar-refractivity contribution in [2.24, 2.45) is 0 Å². The summed E-state index contributed by atoms with van der Waals surface area (Å²) in [6, 6.07) is 5.17. The molecule has 1 fully saturated rings. The van der Waals surface area contributed by atoms with Gasteiger partial charge < -0.3 is 15.4 Å². The van der Waals surface area contributed by atoms with Crippen LogP contribution in [0.3, 0.4) is 0 Å². The number of anilines is 1. The van der Waals surface area contributed by atoms with E-state index >= 15 is 0 Å². The van der Waals surface area contributed by atoms with Crippen LogP contribution in [0.4, 0.5) is 10.5 Å². The first-order valence-corrected chi connectivity index (χ1v) is 9.23. The second-order valence-corrected chi connectivity index (χ2v) is 7.56. The number of carbonyl (C=O) groups is 4. The van der Waals surface area contributed by atoms with Gasteiger partial charge in [0.25, 0.3) is 11.8 Å². The van der Waals surface area contributed by atoms with Crippen LogP contribution < -0.4 is 10.6 Å². The van der Waals surface area contributed by atoms with Crippen LogP contribution >= 0.6 is 0 Å². The first-order chi connectivity index (χ1) is 13.0. The van der Waals surface area contributed by atoms with E-state index in [1.165, 1.54) is 6.92 Å². The third kappa shape index (κ3) is 5.09. The topological polar surface area (TPSA) is 105 Å². The van der Waals surface area contributed by atoms with Crippen molar-refractivity contribution in [3.8, 4) is 0 Å². The Morgan fingerprint density at radius 2 is 1.93 bits per heavy atom. The molecule has 0 bridgehead atoms. The van der Waals surface area contributed by atoms with Crippen molar-refractivity contribution in [1.82, 2.24) is 10.2 Å². The smallest absolute Gasteiger partial charge is 0.325 e. The van der Waals surface area contributed by atoms with E-state index in [9.17, 15) is 19.2 Å². The molecular formula is C20H27N3O5. The summed E-state index contributed by atoms with van der Waals surface area (Å²) < 4.78 is 5.15. The molecule has 0 radical (unpaired) electrons. The number of amides is 4. The Bertz CT molecular complexity index is 803. The third-order valence-corrected chi connectivity index (χ3v) is 4.52. The maximum absolute atomic E-state index is 12.2. The van der Waals surface area contributed by atoms with Gasteiger partial charge in [-0.2, -0.15) is 0 Å². The third-order valence-electron chi connectivity index (χ3n) is 4.52. The lowest BCUT2D eigenvalue weighted by Crippen LogP contribution is -2.40. The molecule has 2 N–H and O–H groups in total. The van der Waals surface area contributed by atoms with Gasteiger partial charge in [0.1, 0.15) is 5.54 Å². The highest BCUT2D eigenvalue weighted by Gasteiger charge is 2.43. The lowest BCUT2D eigenvalue weighted by molar-refractivity contribution is -0.153. The molecule has 28 heavy (non-hydrogen) atoms. The number of nitrogens with zero attached hydrogens (tertiary/aromatic N) is 1. The quantitative estimate of drug-likeness (QED) is 0.550. The normalized spacial score (nSPS) is 16.5. The minimum atomic E-state index is -0.955. The van der Waals surface area contributed by atoms with E-state index in [2.05, 4.69) is 10.6 Å². The molecule has 1 aliphatic heterocycles. The molecule has 0 aromatic heterocycles. The summed E-state index contributed by atoms with van der Waals surface area (Å²) in [4.78, 5) is 49.2. The zero-order valence-electron chi connectivity index (χ0n) is 16.9. The molecule has 1 aliphatic rings. The molecule has 1 heterocycles. The number of nitrogens with one attached hydrogen (secondary N) is 2. The lowest BCUT2D eigenvalue weighted by atomic mass is 10.1. The van der Waals surface area contributed by atoms with Crippen LogP contribution in [0.5, 0.6) is 0 Å². The molecule has 1 atom stereocenters. The van der Waals surface area contributed by atoms with Gasteiger partial charge in [-0.15, -0.1) is 0 Å². The van der Waals surface area contributed by atoms with Gasteiger partial charge >= 0.3 is 12.0 Å². The zero-order chi connectivity index (χ0) is 21.1. The molecule has 1 aromatic carbocycles. The molecule has 8 nitrogen and oxygen atoms in total. The van der Waals surface area contributed by atoms with Crippen molar-refractivity contribution in [2.75, 3.05) is 11.9 Å². The van der Waals surface area contributed by atoms with Gasteiger partial charge in [-0.1, -0.05) is 17.7 Å². The Kier molecular flexibility index (Phi) is 6.43. The van der Waals surface area contributed by atoms with Crippen molar-refractivity contribution < 1.29 is 23.9 Å². The van der Waals surface area contributed by atoms with Gasteiger partial charge in [-0.05, 0) is 52.7 Å². The number of ether oxygens (including phenoxy) is 1. The van der Waals surface area contributed by atoms with Gasteiger partial charge in [-0.25, -0.2) is 4.79 Å². The van der Waals surface area contributed by atoms with Gasteiger partial charge in [0.2, 0.25) is 0 Å². The van der Waals surface area contributed by atoms with Crippen LogP contribution in [0.2, 0.25) is 0 Å². The average Bonchev–Trinajstić information content (AvgIpc) is 2.78. The number of hydrogen-bond acceptors (Lipinski definition) is 5. The highest BCUT2D eigenvalue weighted by atomic mass is 16.5. The van der Waals surface area contributed by atoms with Gasteiger partial charge in [0.05, 0.1) is 0 Å². The van der Waals surface area contributed by atoms with E-state index in [4.69, 9.17) is 4.74 Å². The second kappa shape index (κ2) is 8.41. The summed E-state index contributed by atoms with van der Waals surface area (Å²) in [6.45, 7) is 8.71. The summed E-state index contributed by atoms with van der Waals surface area (Å²) in [5, 5.41) is 5.32. The van der Waals surface area contributed by atoms with Crippen LogP contribution in [-0.2, 0) is 19.1 Å². The second-order valence-electron chi connectivity index (χ2n) is 7.56. The Morgan fingerprint density at radius 1 is 1.25 bits per heavy atom. The fraction of sp³-hybridized carbons (Fsp3) is 0.500. The molecule has 4 amide bonds. The standard InChI is InChI=1S/C20H27N3O5/c1-12-8-9-15(13(2)11-12)21-17(25)14(3)28-16(24)7-6-10-23-18(26)20(4,5)22-19(23)27/h8-9,11,14H,6-7,10H2,1-5H3,(H,21,25)(H,22,27)/t14-/m0/s1. The van der Waals surface area contributed by atoms with Gasteiger partial charge in [-0.3, -0.25) is 19.3 Å². The van der Waals surface area contributed by atoms with Crippen LogP contribution in [0.25, 0.3) is 0 Å². The molecule has 0 unspecified atom stereocenters. The van der Waals surface area contributed by atoms with Gasteiger partial charge in [0.15, 0.2) is 6.10 Å². The van der Waals surface area contributed by atoms with Crippen molar-refractivity contribution in [2.45, 2.75) is 59.1 Å². The molecule has 1 saturated heterocycles. The minimum absolute atomic E-state index is 0.00132. The predicted octanol–water partition coefficient (Wildman–Crippen LogP) is 2.28. The number of benzene rings is 1. The molecule has 1 aromatic rings. The number of esters is 1. The van der Waals surface area contributed by atoms with E-state index in [1.54, 1.807) is 19.9 Å². The highest BCUT2D eigenvalue weighted by Crippen LogP contribution is 2.18. The largest absolute Gasteiger partial charge is 0.453 e. The van der Waals surface area contributed by atoms with Crippen LogP contribution in [-0.4, -0.2) is 46.9 Å². The fourth-order valence-electron chi connectivity index (χ4n) is 2.90. The van der Waals surface area contributed by atoms with E-state index in [1.807, 2.05) is 26.0 Å². The number of carbonyl (C=O) groups excluding carboxylic acids is 4. The van der Waals surface area contributed by atoms with Crippen molar-refractivity contribution in [3.63, 3.8) is 0 Å². The average molecular weight is 389 g/mol. The summed E-state index contributed by atoms with van der Waals surface area (Å²) >= 11 is 0. The van der Waals surface area contributed by atoms with E-state index in [-0.39, 0.29) is 25.3 Å². The van der Waals surface area contributed by atoms with Crippen molar-refractivity contribution >= 4 is 29.5 Å². The number of imide groups is 1. The molecule has 0 spiro atoms. The van der Waals surface area contributed by atoms with E-state index in [0.717, 1.165) is 16.0 Å². The summed E-state index contributed by atoms with van der Waals surface area (Å²) in [7, 11) is 0. The van der Waals surface area contributed by atoms with Crippen molar-refractivity contribution in [1.29, 1.82) is 0 Å². The van der Waals surface area contributed by atoms with Gasteiger partial charge in [0, 0.05) is 18.7 Å². The first kappa shape index (κ1) is 21.4. The van der Waals surface area contributed by atoms with Crippen molar-refractivity contribution in [3.05, 3.63) is 29.3 Å². The SMILES string of the molecule is Cc1ccc(NC(=O)[C@H](C)OC(=O)CCCN2C(=O)NC(C)(C)C2=O)c(C)c1. The Balaban J connectivity index is 1.78. The fourth-order valence-corrected chi connectivity index (χ4v) is 2.90. The highest BCUT2D eigenvalue weighted by molar-refractivity contribution is 6.06. The Hall–Kier alpha value is -2.90. The maximum Gasteiger partial charge on any atom is 0.325 e. The molecule has 0 saturated carbocycles. The van der Waals surface area contributed by atoms with Crippen LogP contribution in [0.1, 0.15) is 44.7 Å². The monoisotopic (exact) mass is 389 g/mol. The lowest BCUT2D eigenvalue weighted by Gasteiger charge is -2.17. The number of rotatable bonds is 7. The predicted molar refractivity (Wildman–Crippen MR) is 104 cm³/mol. The molecule has 2 rings (SSSR count). The minimum Gasteiger partial charge on any atom is -0.453 e. The van der Waals surface area contributed by atoms with E-state index in [0.29, 0.717) is 5.69 Å². The van der Waals surface area contributed by atoms with Crippen LogP contribution in [0, 0.1) is 13.8 Å². The summed E-state index contributed by atoms with van der Waals surface area (Å²) in [6.07, 6.45) is -0.693. The molecule has 152 valence electrons. The van der Waals surface area contributed by atoms with E-state index < -0.39 is 29.6 Å². The number of aryl methyl sites for hydroxylation is 2. The van der Waals surface area contributed by atoms with Crippen LogP contribution in [0.15, 0.2) is 18.2 Å². The molecular weight excluding hydrogens is 362 g/mol. The Labute approximate surface area is 164 Å². The molecule has 0 aliphatic carbocycles. The summed E-state index contributed by atoms with van der Waals surface area (Å²) in [5.74, 6) is -1.31. The Morgan fingerprint density at radius 3 is 2.50 bits per heavy atom. The molecule has 8 heteroatoms. The summed E-state index contributed by atoms with van der Waals surface area (Å²) in [5.41, 5.74) is 1.74. The number of hydrogen-bond donors (Lipinski definition) is 2. The maximum atomic E-state index is 12.2.